The summed E-state index contributed by atoms with van der Waals surface area (Å²) < 4.78 is 5.82. The highest BCUT2D eigenvalue weighted by Crippen LogP contribution is 2.29. The third-order valence-electron chi connectivity index (χ3n) is 4.14. The smallest absolute Gasteiger partial charge is 0.299 e. The molecular formula is C16H21N3O2. The van der Waals surface area contributed by atoms with Gasteiger partial charge in [-0.2, -0.15) is 4.98 Å². The molecule has 0 unspecified atom stereocenters. The highest BCUT2D eigenvalue weighted by atomic mass is 16.4. The summed E-state index contributed by atoms with van der Waals surface area (Å²) in [5, 5.41) is 0. The van der Waals surface area contributed by atoms with Crippen molar-refractivity contribution in [3.05, 3.63) is 24.3 Å². The summed E-state index contributed by atoms with van der Waals surface area (Å²) in [7, 11) is 0. The minimum atomic E-state index is -0.141. The molecule has 5 heteroatoms. The standard InChI is InChI=1S/C16H21N3O2/c1-3-18(4-2)15(20)13-9-7-11-19(13)16-17-12-8-5-6-10-14(12)21-16/h5-6,8,10,13H,3-4,7,9,11H2,1-2H3/t13-/m1/s1. The molecule has 0 radical (unpaired) electrons. The van der Waals surface area contributed by atoms with Crippen molar-refractivity contribution in [3.63, 3.8) is 0 Å². The van der Waals surface area contributed by atoms with Crippen molar-refractivity contribution in [1.82, 2.24) is 9.88 Å². The number of carbonyl (C=O) groups is 1. The quantitative estimate of drug-likeness (QED) is 0.867. The number of hydrogen-bond acceptors (Lipinski definition) is 4. The largest absolute Gasteiger partial charge is 0.423 e. The van der Waals surface area contributed by atoms with E-state index in [1.807, 2.05) is 47.9 Å². The van der Waals surface area contributed by atoms with Gasteiger partial charge >= 0.3 is 0 Å². The summed E-state index contributed by atoms with van der Waals surface area (Å²) >= 11 is 0. The van der Waals surface area contributed by atoms with Gasteiger partial charge in [0.05, 0.1) is 0 Å². The first-order valence-corrected chi connectivity index (χ1v) is 7.65. The number of aromatic nitrogens is 1. The molecule has 1 aliphatic rings. The summed E-state index contributed by atoms with van der Waals surface area (Å²) in [6, 6.07) is 8.14. The van der Waals surface area contributed by atoms with Crippen molar-refractivity contribution >= 4 is 23.0 Å². The van der Waals surface area contributed by atoms with Crippen LogP contribution in [-0.4, -0.2) is 41.5 Å². The predicted molar refractivity (Wildman–Crippen MR) is 82.3 cm³/mol. The van der Waals surface area contributed by atoms with E-state index in [4.69, 9.17) is 4.42 Å². The van der Waals surface area contributed by atoms with E-state index in [1.54, 1.807) is 0 Å². The van der Waals surface area contributed by atoms with Gasteiger partial charge < -0.3 is 14.2 Å². The minimum absolute atomic E-state index is 0.141. The average Bonchev–Trinajstić information content (AvgIpc) is 3.14. The molecule has 0 spiro atoms. The van der Waals surface area contributed by atoms with Crippen LogP contribution in [0.25, 0.3) is 11.1 Å². The van der Waals surface area contributed by atoms with Crippen LogP contribution in [0.15, 0.2) is 28.7 Å². The second-order valence-corrected chi connectivity index (χ2v) is 5.33. The number of para-hydroxylation sites is 2. The van der Waals surface area contributed by atoms with E-state index in [0.717, 1.165) is 43.6 Å². The number of oxazole rings is 1. The van der Waals surface area contributed by atoms with Crippen LogP contribution in [0.2, 0.25) is 0 Å². The summed E-state index contributed by atoms with van der Waals surface area (Å²) in [5.41, 5.74) is 1.61. The lowest BCUT2D eigenvalue weighted by molar-refractivity contribution is -0.132. The Morgan fingerprint density at radius 1 is 1.38 bits per heavy atom. The molecular weight excluding hydrogens is 266 g/mol. The van der Waals surface area contributed by atoms with Crippen molar-refractivity contribution in [2.24, 2.45) is 0 Å². The fraction of sp³-hybridized carbons (Fsp3) is 0.500. The first-order valence-electron chi connectivity index (χ1n) is 7.65. The molecule has 3 rings (SSSR count). The highest BCUT2D eigenvalue weighted by molar-refractivity contribution is 5.86. The lowest BCUT2D eigenvalue weighted by Gasteiger charge is -2.27. The molecule has 0 aliphatic carbocycles. The molecule has 1 aliphatic heterocycles. The van der Waals surface area contributed by atoms with E-state index < -0.39 is 0 Å². The number of rotatable bonds is 4. The van der Waals surface area contributed by atoms with E-state index in [2.05, 4.69) is 4.98 Å². The zero-order valence-corrected chi connectivity index (χ0v) is 12.6. The second kappa shape index (κ2) is 5.76. The molecule has 2 aromatic rings. The number of fused-ring (bicyclic) bond motifs is 1. The maximum Gasteiger partial charge on any atom is 0.299 e. The fourth-order valence-electron chi connectivity index (χ4n) is 2.98. The third kappa shape index (κ3) is 2.48. The number of carbonyl (C=O) groups excluding carboxylic acids is 1. The first-order chi connectivity index (χ1) is 10.2. The Labute approximate surface area is 124 Å². The molecule has 1 saturated heterocycles. The van der Waals surface area contributed by atoms with Crippen LogP contribution in [0.5, 0.6) is 0 Å². The van der Waals surface area contributed by atoms with Gasteiger partial charge in [-0.25, -0.2) is 0 Å². The predicted octanol–water partition coefficient (Wildman–Crippen LogP) is 2.67. The molecule has 1 atom stereocenters. The third-order valence-corrected chi connectivity index (χ3v) is 4.14. The number of anilines is 1. The van der Waals surface area contributed by atoms with E-state index >= 15 is 0 Å². The number of nitrogens with zero attached hydrogens (tertiary/aromatic N) is 3. The van der Waals surface area contributed by atoms with Crippen molar-refractivity contribution in [1.29, 1.82) is 0 Å². The molecule has 1 fully saturated rings. The second-order valence-electron chi connectivity index (χ2n) is 5.33. The Balaban J connectivity index is 1.88. The summed E-state index contributed by atoms with van der Waals surface area (Å²) in [6.07, 6.45) is 1.87. The minimum Gasteiger partial charge on any atom is -0.423 e. The summed E-state index contributed by atoms with van der Waals surface area (Å²) in [6.45, 7) is 6.34. The molecule has 0 N–H and O–H groups in total. The molecule has 112 valence electrons. The zero-order valence-electron chi connectivity index (χ0n) is 12.6. The van der Waals surface area contributed by atoms with Gasteiger partial charge in [-0.3, -0.25) is 4.79 Å². The molecule has 0 bridgehead atoms. The molecule has 0 saturated carbocycles. The normalized spacial score (nSPS) is 18.4. The lowest BCUT2D eigenvalue weighted by atomic mass is 10.2. The van der Waals surface area contributed by atoms with Crippen LogP contribution in [0, 0.1) is 0 Å². The van der Waals surface area contributed by atoms with Gasteiger partial charge in [0.15, 0.2) is 5.58 Å². The molecule has 2 heterocycles. The number of amides is 1. The Kier molecular flexibility index (Phi) is 3.82. The number of likely N-dealkylation sites (N-methyl/N-ethyl adjacent to an activating group) is 1. The monoisotopic (exact) mass is 287 g/mol. The fourth-order valence-corrected chi connectivity index (χ4v) is 2.98. The lowest BCUT2D eigenvalue weighted by Crippen LogP contribution is -2.45. The SMILES string of the molecule is CCN(CC)C(=O)[C@H]1CCCN1c1nc2ccccc2o1. The van der Waals surface area contributed by atoms with Crippen molar-refractivity contribution in [2.45, 2.75) is 32.7 Å². The van der Waals surface area contributed by atoms with Gasteiger partial charge in [-0.1, -0.05) is 12.1 Å². The molecule has 1 aromatic carbocycles. The topological polar surface area (TPSA) is 49.6 Å². The van der Waals surface area contributed by atoms with Crippen molar-refractivity contribution in [2.75, 3.05) is 24.5 Å². The molecule has 21 heavy (non-hydrogen) atoms. The first kappa shape index (κ1) is 13.9. The summed E-state index contributed by atoms with van der Waals surface area (Å²) in [5.74, 6) is 0.180. The van der Waals surface area contributed by atoms with Gasteiger partial charge in [-0.15, -0.1) is 0 Å². The van der Waals surface area contributed by atoms with Gasteiger partial charge in [0.1, 0.15) is 11.6 Å². The van der Waals surface area contributed by atoms with Crippen molar-refractivity contribution in [3.8, 4) is 0 Å². The Bertz CT molecular complexity index is 600. The van der Waals surface area contributed by atoms with E-state index in [9.17, 15) is 4.79 Å². The maximum atomic E-state index is 12.6. The molecule has 1 aromatic heterocycles. The van der Waals surface area contributed by atoms with E-state index in [0.29, 0.717) is 6.01 Å². The zero-order chi connectivity index (χ0) is 14.8. The number of hydrogen-bond donors (Lipinski definition) is 0. The van der Waals surface area contributed by atoms with Crippen LogP contribution in [-0.2, 0) is 4.79 Å². The van der Waals surface area contributed by atoms with Crippen LogP contribution >= 0.6 is 0 Å². The number of benzene rings is 1. The van der Waals surface area contributed by atoms with Gasteiger partial charge in [0.25, 0.3) is 6.01 Å². The van der Waals surface area contributed by atoms with Crippen LogP contribution < -0.4 is 4.90 Å². The van der Waals surface area contributed by atoms with Crippen molar-refractivity contribution < 1.29 is 9.21 Å². The van der Waals surface area contributed by atoms with Crippen LogP contribution in [0.3, 0.4) is 0 Å². The van der Waals surface area contributed by atoms with E-state index in [-0.39, 0.29) is 11.9 Å². The van der Waals surface area contributed by atoms with Gasteiger partial charge in [-0.05, 0) is 38.8 Å². The Hall–Kier alpha value is -2.04. The highest BCUT2D eigenvalue weighted by Gasteiger charge is 2.35. The van der Waals surface area contributed by atoms with E-state index in [1.165, 1.54) is 0 Å². The maximum absolute atomic E-state index is 12.6. The Morgan fingerprint density at radius 3 is 2.86 bits per heavy atom. The van der Waals surface area contributed by atoms with Crippen LogP contribution in [0.4, 0.5) is 6.01 Å². The molecule has 1 amide bonds. The summed E-state index contributed by atoms with van der Waals surface area (Å²) in [4.78, 5) is 21.0. The Morgan fingerprint density at radius 2 is 2.14 bits per heavy atom. The van der Waals surface area contributed by atoms with Gasteiger partial charge in [0.2, 0.25) is 5.91 Å². The molecule has 5 nitrogen and oxygen atoms in total. The average molecular weight is 287 g/mol. The van der Waals surface area contributed by atoms with Crippen LogP contribution in [0.1, 0.15) is 26.7 Å². The van der Waals surface area contributed by atoms with Gasteiger partial charge in [0, 0.05) is 19.6 Å².